The third-order valence-electron chi connectivity index (χ3n) is 6.10. The third-order valence-corrected chi connectivity index (χ3v) is 6.10. The molecule has 0 unspecified atom stereocenters. The first-order valence-corrected chi connectivity index (χ1v) is 10.7. The molecule has 1 heterocycles. The van der Waals surface area contributed by atoms with Crippen LogP contribution >= 0.6 is 0 Å². The number of aryl methyl sites for hydroxylation is 1. The van der Waals surface area contributed by atoms with E-state index in [1.54, 1.807) is 0 Å². The molecule has 0 aromatic heterocycles. The average Bonchev–Trinajstić information content (AvgIpc) is 2.74. The summed E-state index contributed by atoms with van der Waals surface area (Å²) in [7, 11) is 0. The molecule has 1 saturated carbocycles. The largest absolute Gasteiger partial charge is 0.306 e. The number of benzene rings is 2. The number of fused-ring (bicyclic) bond motifs is 2. The summed E-state index contributed by atoms with van der Waals surface area (Å²) in [5.41, 5.74) is 4.11. The molecular formula is C25H26FN3. The Morgan fingerprint density at radius 3 is 2.55 bits per heavy atom. The van der Waals surface area contributed by atoms with Crippen molar-refractivity contribution in [3.63, 3.8) is 0 Å². The maximum absolute atomic E-state index is 13.6. The molecule has 5 rings (SSSR count). The molecule has 29 heavy (non-hydrogen) atoms. The van der Waals surface area contributed by atoms with Crippen LogP contribution in [-0.2, 0) is 0 Å². The lowest BCUT2D eigenvalue weighted by Crippen LogP contribution is -2.40. The van der Waals surface area contributed by atoms with E-state index in [2.05, 4.69) is 35.8 Å². The molecule has 0 atom stereocenters. The molecular weight excluding hydrogens is 361 g/mol. The van der Waals surface area contributed by atoms with Gasteiger partial charge in [-0.15, -0.1) is 0 Å². The molecule has 0 bridgehead atoms. The van der Waals surface area contributed by atoms with Gasteiger partial charge >= 0.3 is 0 Å². The second-order valence-corrected chi connectivity index (χ2v) is 8.23. The van der Waals surface area contributed by atoms with E-state index in [9.17, 15) is 4.39 Å². The van der Waals surface area contributed by atoms with Crippen LogP contribution < -0.4 is 16.1 Å². The Hall–Kier alpha value is -2.75. The van der Waals surface area contributed by atoms with Crippen molar-refractivity contribution in [2.45, 2.75) is 57.9 Å². The highest BCUT2D eigenvalue weighted by Crippen LogP contribution is 2.22. The van der Waals surface area contributed by atoms with Gasteiger partial charge in [0.05, 0.1) is 33.5 Å². The second kappa shape index (κ2) is 7.58. The fraction of sp³-hybridized carbons (Fsp3) is 0.360. The smallest absolute Gasteiger partial charge is 0.123 e. The van der Waals surface area contributed by atoms with E-state index in [1.165, 1.54) is 49.8 Å². The Labute approximate surface area is 170 Å². The fourth-order valence-corrected chi connectivity index (χ4v) is 4.57. The van der Waals surface area contributed by atoms with Gasteiger partial charge in [0.15, 0.2) is 0 Å². The van der Waals surface area contributed by atoms with E-state index in [4.69, 9.17) is 9.98 Å². The zero-order valence-electron chi connectivity index (χ0n) is 16.9. The fourth-order valence-electron chi connectivity index (χ4n) is 4.57. The van der Waals surface area contributed by atoms with Gasteiger partial charge in [-0.25, -0.2) is 9.37 Å². The van der Waals surface area contributed by atoms with E-state index in [0.717, 1.165) is 46.0 Å². The Bertz CT molecular complexity index is 1200. The summed E-state index contributed by atoms with van der Waals surface area (Å²) in [5.74, 6) is -0.221. The number of hydrogen-bond donors (Lipinski definition) is 0. The summed E-state index contributed by atoms with van der Waals surface area (Å²) >= 11 is 0. The maximum Gasteiger partial charge on any atom is 0.123 e. The van der Waals surface area contributed by atoms with Gasteiger partial charge in [-0.1, -0.05) is 31.4 Å². The van der Waals surface area contributed by atoms with Crippen LogP contribution in [0, 0.1) is 12.7 Å². The minimum atomic E-state index is -0.221. The topological polar surface area (TPSA) is 30.2 Å². The highest BCUT2D eigenvalue weighted by Gasteiger charge is 2.16. The van der Waals surface area contributed by atoms with Gasteiger partial charge in [0.1, 0.15) is 5.82 Å². The van der Waals surface area contributed by atoms with Crippen LogP contribution in [0.15, 0.2) is 41.4 Å². The van der Waals surface area contributed by atoms with Crippen molar-refractivity contribution in [1.29, 1.82) is 0 Å². The van der Waals surface area contributed by atoms with Crippen molar-refractivity contribution in [3.05, 3.63) is 63.8 Å². The highest BCUT2D eigenvalue weighted by molar-refractivity contribution is 5.62. The molecule has 1 fully saturated rings. The minimum Gasteiger partial charge on any atom is -0.306 e. The lowest BCUT2D eigenvalue weighted by atomic mass is 9.96. The minimum absolute atomic E-state index is 0.221. The van der Waals surface area contributed by atoms with Crippen molar-refractivity contribution in [1.82, 2.24) is 9.55 Å². The van der Waals surface area contributed by atoms with Crippen LogP contribution in [0.1, 0.15) is 50.5 Å². The summed E-state index contributed by atoms with van der Waals surface area (Å²) < 4.78 is 15.8. The SMILES string of the molecule is Cc1cc2nc3c(n(-c4ccc(F)cc4)c-2cc1=NC1CCCCC1)=CCCC=3. The Morgan fingerprint density at radius 1 is 1.00 bits per heavy atom. The molecule has 1 aromatic carbocycles. The zero-order valence-corrected chi connectivity index (χ0v) is 16.9. The number of nitrogens with zero attached hydrogens (tertiary/aromatic N) is 3. The predicted molar refractivity (Wildman–Crippen MR) is 115 cm³/mol. The van der Waals surface area contributed by atoms with Crippen LogP contribution in [-0.4, -0.2) is 15.6 Å². The van der Waals surface area contributed by atoms with E-state index in [0.29, 0.717) is 6.04 Å². The van der Waals surface area contributed by atoms with E-state index in [-0.39, 0.29) is 5.82 Å². The average molecular weight is 388 g/mol. The van der Waals surface area contributed by atoms with Crippen molar-refractivity contribution >= 4 is 12.2 Å². The summed E-state index contributed by atoms with van der Waals surface area (Å²) in [5, 5.41) is 3.15. The lowest BCUT2D eigenvalue weighted by molar-refractivity contribution is 0.437. The van der Waals surface area contributed by atoms with Gasteiger partial charge in [0.2, 0.25) is 0 Å². The van der Waals surface area contributed by atoms with Crippen molar-refractivity contribution in [2.75, 3.05) is 0 Å². The molecule has 3 aliphatic carbocycles. The van der Waals surface area contributed by atoms with Gasteiger partial charge in [0, 0.05) is 5.69 Å². The van der Waals surface area contributed by atoms with Crippen LogP contribution in [0.2, 0.25) is 0 Å². The van der Waals surface area contributed by atoms with Gasteiger partial charge in [0.25, 0.3) is 0 Å². The number of aromatic nitrogens is 2. The molecule has 0 radical (unpaired) electrons. The predicted octanol–water partition coefficient (Wildman–Crippen LogP) is 4.01. The first-order chi connectivity index (χ1) is 14.2. The molecule has 148 valence electrons. The molecule has 4 heteroatoms. The van der Waals surface area contributed by atoms with Gasteiger partial charge in [-0.3, -0.25) is 4.99 Å². The maximum atomic E-state index is 13.6. The quantitative estimate of drug-likeness (QED) is 0.653. The van der Waals surface area contributed by atoms with Crippen molar-refractivity contribution in [3.8, 4) is 17.1 Å². The van der Waals surface area contributed by atoms with E-state index < -0.39 is 0 Å². The van der Waals surface area contributed by atoms with Crippen LogP contribution in [0.5, 0.6) is 0 Å². The summed E-state index contributed by atoms with van der Waals surface area (Å²) in [6, 6.07) is 11.5. The van der Waals surface area contributed by atoms with Crippen LogP contribution in [0.4, 0.5) is 4.39 Å². The van der Waals surface area contributed by atoms with Crippen LogP contribution in [0.3, 0.4) is 0 Å². The normalized spacial score (nSPS) is 17.7. The monoisotopic (exact) mass is 387 g/mol. The van der Waals surface area contributed by atoms with Crippen molar-refractivity contribution < 1.29 is 4.39 Å². The lowest BCUT2D eigenvalue weighted by Gasteiger charge is -2.20. The van der Waals surface area contributed by atoms with Crippen LogP contribution in [0.25, 0.3) is 29.2 Å². The molecule has 0 spiro atoms. The summed E-state index contributed by atoms with van der Waals surface area (Å²) in [4.78, 5) is 10.1. The van der Waals surface area contributed by atoms with E-state index in [1.807, 2.05) is 12.1 Å². The number of rotatable bonds is 2. The van der Waals surface area contributed by atoms with Gasteiger partial charge in [-0.05, 0) is 74.6 Å². The Morgan fingerprint density at radius 2 is 1.76 bits per heavy atom. The summed E-state index contributed by atoms with van der Waals surface area (Å²) in [6.45, 7) is 2.13. The molecule has 0 saturated heterocycles. The van der Waals surface area contributed by atoms with Crippen molar-refractivity contribution in [2.24, 2.45) is 4.99 Å². The molecule has 0 amide bonds. The molecule has 0 N–H and O–H groups in total. The molecule has 4 aliphatic rings. The van der Waals surface area contributed by atoms with E-state index >= 15 is 0 Å². The zero-order chi connectivity index (χ0) is 19.8. The first kappa shape index (κ1) is 18.3. The number of hydrogen-bond acceptors (Lipinski definition) is 2. The summed E-state index contributed by atoms with van der Waals surface area (Å²) in [6.07, 6.45) is 12.7. The molecule has 1 aromatic rings. The Balaban J connectivity index is 1.80. The first-order valence-electron chi connectivity index (χ1n) is 10.7. The molecule has 1 aliphatic heterocycles. The standard InChI is InChI=1S/C25H26FN3/c1-17-15-23-25(16-22(17)27-19-7-3-2-4-8-19)29(20-13-11-18(26)12-14-20)24-10-6-5-9-21(24)28-23/h9-16,19H,2-8H2,1H3. The van der Waals surface area contributed by atoms with Gasteiger partial charge in [-0.2, -0.15) is 0 Å². The molecule has 3 nitrogen and oxygen atoms in total. The Kier molecular flexibility index (Phi) is 4.78. The third kappa shape index (κ3) is 3.52. The number of halogens is 1. The highest BCUT2D eigenvalue weighted by atomic mass is 19.1. The van der Waals surface area contributed by atoms with Gasteiger partial charge < -0.3 is 4.57 Å². The second-order valence-electron chi connectivity index (χ2n) is 8.23.